The largest absolute Gasteiger partial charge is 0.472 e. The molecule has 0 saturated heterocycles. The van der Waals surface area contributed by atoms with Gasteiger partial charge in [0.25, 0.3) is 0 Å². The van der Waals surface area contributed by atoms with Gasteiger partial charge in [0.2, 0.25) is 0 Å². The maximum absolute atomic E-state index is 12.6. The fourth-order valence-corrected chi connectivity index (χ4v) is 4.60. The minimum absolute atomic E-state index is 0.0224. The van der Waals surface area contributed by atoms with Crippen molar-refractivity contribution in [2.75, 3.05) is 0 Å². The van der Waals surface area contributed by atoms with E-state index in [1.165, 1.54) is 5.56 Å². The van der Waals surface area contributed by atoms with Gasteiger partial charge in [-0.1, -0.05) is 33.3 Å². The standard InChI is InChI=1S/C20H28O3/c1-13-17(21)11-16-15(5-6-18(22)19(16,2)3)20(13,4)9-7-14-8-10-23-12-14/h8,10-13,15,18,22H,5-7,9H2,1-4H3. The predicted molar refractivity (Wildman–Crippen MR) is 89.9 cm³/mol. The molecule has 23 heavy (non-hydrogen) atoms. The summed E-state index contributed by atoms with van der Waals surface area (Å²) in [4.78, 5) is 12.6. The molecule has 1 fully saturated rings. The Morgan fingerprint density at radius 2 is 2.04 bits per heavy atom. The van der Waals surface area contributed by atoms with E-state index in [2.05, 4.69) is 27.7 Å². The zero-order chi connectivity index (χ0) is 16.8. The van der Waals surface area contributed by atoms with Gasteiger partial charge in [-0.15, -0.1) is 0 Å². The Labute approximate surface area is 138 Å². The third-order valence-corrected chi connectivity index (χ3v) is 6.72. The van der Waals surface area contributed by atoms with Crippen molar-refractivity contribution in [3.63, 3.8) is 0 Å². The predicted octanol–water partition coefficient (Wildman–Crippen LogP) is 4.16. The Kier molecular flexibility index (Phi) is 4.04. The first-order valence-electron chi connectivity index (χ1n) is 8.72. The molecule has 0 aromatic carbocycles. The molecule has 1 heterocycles. The lowest BCUT2D eigenvalue weighted by Crippen LogP contribution is -2.50. The molecular weight excluding hydrogens is 288 g/mol. The minimum atomic E-state index is -0.357. The number of rotatable bonds is 3. The lowest BCUT2D eigenvalue weighted by Gasteiger charge is -2.53. The molecule has 0 amide bonds. The molecule has 3 nitrogen and oxygen atoms in total. The van der Waals surface area contributed by atoms with Gasteiger partial charge in [-0.2, -0.15) is 0 Å². The second-order valence-corrected chi connectivity index (χ2v) is 8.23. The van der Waals surface area contributed by atoms with E-state index < -0.39 is 0 Å². The van der Waals surface area contributed by atoms with Gasteiger partial charge in [-0.25, -0.2) is 0 Å². The summed E-state index contributed by atoms with van der Waals surface area (Å²) in [7, 11) is 0. The number of aliphatic hydroxyl groups is 1. The van der Waals surface area contributed by atoms with Crippen molar-refractivity contribution >= 4 is 5.78 Å². The Hall–Kier alpha value is -1.35. The zero-order valence-electron chi connectivity index (χ0n) is 14.6. The average Bonchev–Trinajstić information content (AvgIpc) is 3.01. The summed E-state index contributed by atoms with van der Waals surface area (Å²) in [5.74, 6) is 0.614. The van der Waals surface area contributed by atoms with Gasteiger partial charge in [0.1, 0.15) is 0 Å². The maximum Gasteiger partial charge on any atom is 0.159 e. The van der Waals surface area contributed by atoms with Crippen molar-refractivity contribution in [2.45, 2.75) is 59.5 Å². The first-order chi connectivity index (χ1) is 10.8. The van der Waals surface area contributed by atoms with Crippen LogP contribution >= 0.6 is 0 Å². The third-order valence-electron chi connectivity index (χ3n) is 6.72. The van der Waals surface area contributed by atoms with Crippen molar-refractivity contribution < 1.29 is 14.3 Å². The van der Waals surface area contributed by atoms with Crippen molar-refractivity contribution in [2.24, 2.45) is 22.7 Å². The summed E-state index contributed by atoms with van der Waals surface area (Å²) >= 11 is 0. The molecule has 0 spiro atoms. The van der Waals surface area contributed by atoms with E-state index in [0.29, 0.717) is 5.92 Å². The molecule has 2 aliphatic rings. The van der Waals surface area contributed by atoms with Crippen LogP contribution in [-0.2, 0) is 11.2 Å². The molecule has 1 saturated carbocycles. The van der Waals surface area contributed by atoms with E-state index in [1.54, 1.807) is 12.5 Å². The number of hydrogen-bond donors (Lipinski definition) is 1. The van der Waals surface area contributed by atoms with Gasteiger partial charge in [-0.05, 0) is 54.7 Å². The van der Waals surface area contributed by atoms with Crippen LogP contribution in [-0.4, -0.2) is 17.0 Å². The Morgan fingerprint density at radius 1 is 1.30 bits per heavy atom. The number of carbonyl (C=O) groups excluding carboxylic acids is 1. The average molecular weight is 316 g/mol. The van der Waals surface area contributed by atoms with Crippen molar-refractivity contribution in [1.82, 2.24) is 0 Å². The molecule has 0 bridgehead atoms. The first-order valence-corrected chi connectivity index (χ1v) is 8.72. The molecular formula is C20H28O3. The van der Waals surface area contributed by atoms with Gasteiger partial charge >= 0.3 is 0 Å². The van der Waals surface area contributed by atoms with Crippen LogP contribution in [0.25, 0.3) is 0 Å². The van der Waals surface area contributed by atoms with Crippen LogP contribution in [0.3, 0.4) is 0 Å². The number of hydrogen-bond acceptors (Lipinski definition) is 3. The van der Waals surface area contributed by atoms with E-state index in [1.807, 2.05) is 12.1 Å². The number of fused-ring (bicyclic) bond motifs is 1. The van der Waals surface area contributed by atoms with Crippen LogP contribution in [0.2, 0.25) is 0 Å². The number of allylic oxidation sites excluding steroid dienone is 1. The molecule has 126 valence electrons. The molecule has 4 atom stereocenters. The van der Waals surface area contributed by atoms with Crippen LogP contribution in [0.5, 0.6) is 0 Å². The fraction of sp³-hybridized carbons (Fsp3) is 0.650. The van der Waals surface area contributed by atoms with Gasteiger partial charge in [0.05, 0.1) is 18.6 Å². The number of furan rings is 1. The Bertz CT molecular complexity index is 611. The quantitative estimate of drug-likeness (QED) is 0.911. The van der Waals surface area contributed by atoms with E-state index in [0.717, 1.165) is 31.3 Å². The van der Waals surface area contributed by atoms with E-state index in [9.17, 15) is 9.90 Å². The molecule has 1 aromatic rings. The second kappa shape index (κ2) is 5.62. The molecule has 3 heteroatoms. The summed E-state index contributed by atoms with van der Waals surface area (Å²) in [6.07, 6.45) is 8.67. The highest BCUT2D eigenvalue weighted by atomic mass is 16.3. The van der Waals surface area contributed by atoms with Crippen LogP contribution < -0.4 is 0 Å². The Balaban J connectivity index is 1.93. The zero-order valence-corrected chi connectivity index (χ0v) is 14.6. The highest BCUT2D eigenvalue weighted by molar-refractivity contribution is 5.94. The molecule has 0 aliphatic heterocycles. The SMILES string of the molecule is CC1C(=O)C=C2C(CCC(O)C2(C)C)C1(C)CCc1ccoc1. The van der Waals surface area contributed by atoms with Crippen LogP contribution in [0.1, 0.15) is 52.5 Å². The third kappa shape index (κ3) is 2.59. The molecule has 1 aromatic heterocycles. The van der Waals surface area contributed by atoms with Gasteiger partial charge in [-0.3, -0.25) is 4.79 Å². The molecule has 2 aliphatic carbocycles. The number of aryl methyl sites for hydroxylation is 1. The Morgan fingerprint density at radius 3 is 2.70 bits per heavy atom. The normalized spacial score (nSPS) is 36.5. The topological polar surface area (TPSA) is 50.4 Å². The lowest BCUT2D eigenvalue weighted by atomic mass is 9.51. The number of ketones is 1. The summed E-state index contributed by atoms with van der Waals surface area (Å²) in [5, 5.41) is 10.4. The monoisotopic (exact) mass is 316 g/mol. The fourth-order valence-electron chi connectivity index (χ4n) is 4.60. The summed E-state index contributed by atoms with van der Waals surface area (Å²) in [6, 6.07) is 2.00. The van der Waals surface area contributed by atoms with Crippen LogP contribution in [0, 0.1) is 22.7 Å². The second-order valence-electron chi connectivity index (χ2n) is 8.23. The van der Waals surface area contributed by atoms with E-state index in [-0.39, 0.29) is 28.6 Å². The summed E-state index contributed by atoms with van der Waals surface area (Å²) < 4.78 is 5.18. The molecule has 3 rings (SSSR count). The van der Waals surface area contributed by atoms with Crippen molar-refractivity contribution in [1.29, 1.82) is 0 Å². The summed E-state index contributed by atoms with van der Waals surface area (Å²) in [5.41, 5.74) is 1.98. The van der Waals surface area contributed by atoms with Crippen molar-refractivity contribution in [3.8, 4) is 0 Å². The van der Waals surface area contributed by atoms with Gasteiger partial charge in [0.15, 0.2) is 5.78 Å². The maximum atomic E-state index is 12.6. The minimum Gasteiger partial charge on any atom is -0.472 e. The van der Waals surface area contributed by atoms with E-state index >= 15 is 0 Å². The molecule has 4 unspecified atom stereocenters. The van der Waals surface area contributed by atoms with Crippen LogP contribution in [0.15, 0.2) is 34.7 Å². The summed E-state index contributed by atoms with van der Waals surface area (Å²) in [6.45, 7) is 8.49. The number of aliphatic hydroxyl groups excluding tert-OH is 1. The van der Waals surface area contributed by atoms with Gasteiger partial charge in [0, 0.05) is 11.3 Å². The van der Waals surface area contributed by atoms with Crippen molar-refractivity contribution in [3.05, 3.63) is 35.8 Å². The smallest absolute Gasteiger partial charge is 0.159 e. The van der Waals surface area contributed by atoms with Crippen LogP contribution in [0.4, 0.5) is 0 Å². The van der Waals surface area contributed by atoms with Gasteiger partial charge < -0.3 is 9.52 Å². The molecule has 1 N–H and O–H groups in total. The highest BCUT2D eigenvalue weighted by Crippen LogP contribution is 2.57. The highest BCUT2D eigenvalue weighted by Gasteiger charge is 2.52. The van der Waals surface area contributed by atoms with E-state index in [4.69, 9.17) is 4.42 Å². The lowest BCUT2D eigenvalue weighted by molar-refractivity contribution is -0.126. The number of carbonyl (C=O) groups is 1. The molecule has 0 radical (unpaired) electrons. The first kappa shape index (κ1) is 16.5.